The quantitative estimate of drug-likeness (QED) is 0.813. The van der Waals surface area contributed by atoms with Gasteiger partial charge in [0.15, 0.2) is 0 Å². The topological polar surface area (TPSA) is 55.1 Å². The molecule has 6 heteroatoms. The average molecular weight is 307 g/mol. The summed E-state index contributed by atoms with van der Waals surface area (Å²) in [5, 5.41) is 2.20. The number of nitrogens with two attached hydrogens (primary N) is 1. The van der Waals surface area contributed by atoms with E-state index in [9.17, 15) is 13.6 Å². The van der Waals surface area contributed by atoms with Crippen LogP contribution in [0.5, 0.6) is 0 Å². The van der Waals surface area contributed by atoms with Crippen molar-refractivity contribution >= 4 is 18.3 Å². The van der Waals surface area contributed by atoms with E-state index in [2.05, 4.69) is 5.32 Å². The van der Waals surface area contributed by atoms with Crippen LogP contribution in [-0.2, 0) is 11.2 Å². The van der Waals surface area contributed by atoms with Gasteiger partial charge in [-0.25, -0.2) is 8.78 Å². The van der Waals surface area contributed by atoms with Crippen LogP contribution in [0.3, 0.4) is 0 Å². The number of carbonyl (C=O) groups excluding carboxylic acids is 1. The van der Waals surface area contributed by atoms with Gasteiger partial charge in [0, 0.05) is 6.42 Å². The van der Waals surface area contributed by atoms with Gasteiger partial charge in [0.1, 0.15) is 0 Å². The van der Waals surface area contributed by atoms with Gasteiger partial charge in [-0.05, 0) is 25.3 Å². The Labute approximate surface area is 124 Å². The van der Waals surface area contributed by atoms with E-state index in [1.165, 1.54) is 5.56 Å². The van der Waals surface area contributed by atoms with Gasteiger partial charge < -0.3 is 11.1 Å². The molecule has 0 fully saturated rings. The molecule has 0 spiro atoms. The van der Waals surface area contributed by atoms with E-state index >= 15 is 0 Å². The minimum Gasteiger partial charge on any atom is -0.350 e. The second kappa shape index (κ2) is 8.87. The molecule has 0 aliphatic heterocycles. The van der Waals surface area contributed by atoms with E-state index < -0.39 is 19.0 Å². The van der Waals surface area contributed by atoms with Gasteiger partial charge in [-0.2, -0.15) is 0 Å². The molecule has 0 radical (unpaired) electrons. The van der Waals surface area contributed by atoms with Gasteiger partial charge in [-0.3, -0.25) is 4.79 Å². The first kappa shape index (κ1) is 18.8. The van der Waals surface area contributed by atoms with Gasteiger partial charge >= 0.3 is 0 Å². The Hall–Kier alpha value is -1.20. The molecule has 3 N–H and O–H groups in total. The van der Waals surface area contributed by atoms with E-state index in [1.807, 2.05) is 31.2 Å². The maximum Gasteiger partial charge on any atom is 0.277 e. The molecule has 0 atom stereocenters. The first-order valence-corrected chi connectivity index (χ1v) is 6.33. The highest BCUT2D eigenvalue weighted by atomic mass is 35.5. The standard InChI is InChI=1S/C14H20F2N2O.ClH/c1-11-5-7-12(8-6-11)3-2-4-13(19)18-10-14(15,16)9-17;/h5-8H,2-4,9-10,17H2,1H3,(H,18,19);1H. The number of halogens is 3. The zero-order valence-electron chi connectivity index (χ0n) is 11.5. The largest absolute Gasteiger partial charge is 0.350 e. The van der Waals surface area contributed by atoms with Crippen LogP contribution in [0, 0.1) is 6.92 Å². The number of carbonyl (C=O) groups is 1. The second-order valence-electron chi connectivity index (χ2n) is 4.68. The number of rotatable bonds is 7. The minimum absolute atomic E-state index is 0. The summed E-state index contributed by atoms with van der Waals surface area (Å²) < 4.78 is 25.6. The fourth-order valence-corrected chi connectivity index (χ4v) is 1.60. The van der Waals surface area contributed by atoms with Crippen LogP contribution in [0.4, 0.5) is 8.78 Å². The molecular weight excluding hydrogens is 286 g/mol. The molecule has 0 unspecified atom stereocenters. The minimum atomic E-state index is -3.02. The Bertz CT molecular complexity index is 410. The lowest BCUT2D eigenvalue weighted by Crippen LogP contribution is -2.41. The summed E-state index contributed by atoms with van der Waals surface area (Å²) >= 11 is 0. The highest BCUT2D eigenvalue weighted by Crippen LogP contribution is 2.10. The lowest BCUT2D eigenvalue weighted by Gasteiger charge is -2.14. The zero-order chi connectivity index (χ0) is 14.3. The summed E-state index contributed by atoms with van der Waals surface area (Å²) in [5.41, 5.74) is 7.21. The van der Waals surface area contributed by atoms with Crippen molar-refractivity contribution in [1.29, 1.82) is 0 Å². The lowest BCUT2D eigenvalue weighted by molar-refractivity contribution is -0.122. The molecule has 0 heterocycles. The van der Waals surface area contributed by atoms with Crippen LogP contribution >= 0.6 is 12.4 Å². The molecule has 1 amide bonds. The van der Waals surface area contributed by atoms with Gasteiger partial charge in [0.25, 0.3) is 5.92 Å². The number of hydrogen-bond acceptors (Lipinski definition) is 2. The number of nitrogens with one attached hydrogen (secondary N) is 1. The molecule has 0 aromatic heterocycles. The predicted molar refractivity (Wildman–Crippen MR) is 78.4 cm³/mol. The Morgan fingerprint density at radius 3 is 2.45 bits per heavy atom. The molecule has 0 aliphatic carbocycles. The Morgan fingerprint density at radius 1 is 1.30 bits per heavy atom. The monoisotopic (exact) mass is 306 g/mol. The molecule has 1 aromatic carbocycles. The van der Waals surface area contributed by atoms with Crippen molar-refractivity contribution < 1.29 is 13.6 Å². The third-order valence-corrected chi connectivity index (χ3v) is 2.83. The number of benzene rings is 1. The summed E-state index contributed by atoms with van der Waals surface area (Å²) in [6.07, 6.45) is 1.65. The molecule has 0 bridgehead atoms. The average Bonchev–Trinajstić information content (AvgIpc) is 2.39. The van der Waals surface area contributed by atoms with Gasteiger partial charge in [-0.1, -0.05) is 29.8 Å². The van der Waals surface area contributed by atoms with Crippen LogP contribution in [0.1, 0.15) is 24.0 Å². The SMILES string of the molecule is Cc1ccc(CCCC(=O)NCC(F)(F)CN)cc1.Cl. The smallest absolute Gasteiger partial charge is 0.277 e. The highest BCUT2D eigenvalue weighted by molar-refractivity contribution is 5.85. The molecule has 0 aliphatic rings. The molecule has 20 heavy (non-hydrogen) atoms. The summed E-state index contributed by atoms with van der Waals surface area (Å²) in [6, 6.07) is 8.04. The molecule has 114 valence electrons. The van der Waals surface area contributed by atoms with Crippen LogP contribution in [0.2, 0.25) is 0 Å². The number of hydrogen-bond donors (Lipinski definition) is 2. The number of alkyl halides is 2. The fraction of sp³-hybridized carbons (Fsp3) is 0.500. The molecular formula is C14H21ClF2N2O. The van der Waals surface area contributed by atoms with E-state index in [4.69, 9.17) is 5.73 Å². The molecule has 3 nitrogen and oxygen atoms in total. The van der Waals surface area contributed by atoms with Gasteiger partial charge in [0.05, 0.1) is 13.1 Å². The first-order chi connectivity index (χ1) is 8.93. The van der Waals surface area contributed by atoms with Crippen molar-refractivity contribution in [3.8, 4) is 0 Å². The lowest BCUT2D eigenvalue weighted by atomic mass is 10.1. The van der Waals surface area contributed by atoms with E-state index in [0.29, 0.717) is 6.42 Å². The van der Waals surface area contributed by atoms with Crippen molar-refractivity contribution in [3.05, 3.63) is 35.4 Å². The third-order valence-electron chi connectivity index (χ3n) is 2.83. The van der Waals surface area contributed by atoms with Crippen molar-refractivity contribution in [2.24, 2.45) is 5.73 Å². The van der Waals surface area contributed by atoms with Crippen molar-refractivity contribution in [2.45, 2.75) is 32.1 Å². The van der Waals surface area contributed by atoms with Crippen molar-refractivity contribution in [3.63, 3.8) is 0 Å². The normalized spacial score (nSPS) is 10.8. The summed E-state index contributed by atoms with van der Waals surface area (Å²) in [6.45, 7) is 0.568. The second-order valence-corrected chi connectivity index (χ2v) is 4.68. The zero-order valence-corrected chi connectivity index (χ0v) is 12.3. The van der Waals surface area contributed by atoms with E-state index in [1.54, 1.807) is 0 Å². The highest BCUT2D eigenvalue weighted by Gasteiger charge is 2.26. The molecule has 0 saturated carbocycles. The van der Waals surface area contributed by atoms with Crippen LogP contribution < -0.4 is 11.1 Å². The summed E-state index contributed by atoms with van der Waals surface area (Å²) in [7, 11) is 0. The first-order valence-electron chi connectivity index (χ1n) is 6.33. The summed E-state index contributed by atoms with van der Waals surface area (Å²) in [4.78, 5) is 11.4. The Balaban J connectivity index is 0.00000361. The third kappa shape index (κ3) is 7.40. The van der Waals surface area contributed by atoms with Gasteiger partial charge in [0.2, 0.25) is 5.91 Å². The molecule has 1 rings (SSSR count). The van der Waals surface area contributed by atoms with Crippen LogP contribution in [0.15, 0.2) is 24.3 Å². The molecule has 1 aromatic rings. The Kier molecular flexibility index (Phi) is 8.34. The van der Waals surface area contributed by atoms with Crippen LogP contribution in [0.25, 0.3) is 0 Å². The number of amides is 1. The van der Waals surface area contributed by atoms with Crippen molar-refractivity contribution in [1.82, 2.24) is 5.32 Å². The predicted octanol–water partition coefficient (Wildman–Crippen LogP) is 2.45. The number of aryl methyl sites for hydroxylation is 2. The van der Waals surface area contributed by atoms with Gasteiger partial charge in [-0.15, -0.1) is 12.4 Å². The van der Waals surface area contributed by atoms with E-state index in [-0.39, 0.29) is 24.7 Å². The Morgan fingerprint density at radius 2 is 1.90 bits per heavy atom. The van der Waals surface area contributed by atoms with Crippen molar-refractivity contribution in [2.75, 3.05) is 13.1 Å². The fourth-order valence-electron chi connectivity index (χ4n) is 1.60. The van der Waals surface area contributed by atoms with Crippen LogP contribution in [-0.4, -0.2) is 24.9 Å². The summed E-state index contributed by atoms with van der Waals surface area (Å²) in [5.74, 6) is -3.38. The maximum absolute atomic E-state index is 12.8. The molecule has 0 saturated heterocycles. The maximum atomic E-state index is 12.8. The van der Waals surface area contributed by atoms with E-state index in [0.717, 1.165) is 12.0 Å².